The highest BCUT2D eigenvalue weighted by atomic mass is 35.5. The molecule has 1 aromatic heterocycles. The summed E-state index contributed by atoms with van der Waals surface area (Å²) >= 11 is 5.57. The molecule has 0 atom stereocenters. The van der Waals surface area contributed by atoms with Gasteiger partial charge in [-0.15, -0.1) is 0 Å². The van der Waals surface area contributed by atoms with Crippen molar-refractivity contribution in [1.29, 1.82) is 0 Å². The number of anilines is 1. The van der Waals surface area contributed by atoms with Gasteiger partial charge in [-0.2, -0.15) is 26.6 Å². The summed E-state index contributed by atoms with van der Waals surface area (Å²) in [5.41, 5.74) is -5.65. The summed E-state index contributed by atoms with van der Waals surface area (Å²) in [7, 11) is -5.46. The Morgan fingerprint density at radius 3 is 2.32 bits per heavy atom. The van der Waals surface area contributed by atoms with Gasteiger partial charge in [0.2, 0.25) is 11.2 Å². The number of hydrogen-bond donors (Lipinski definition) is 1. The molecule has 0 aliphatic carbocycles. The number of nitrogens with zero attached hydrogens (tertiary/aromatic N) is 2. The molecule has 118 valence electrons. The Hall–Kier alpha value is -2.07. The van der Waals surface area contributed by atoms with E-state index in [9.17, 15) is 21.6 Å². The average molecular weight is 354 g/mol. The summed E-state index contributed by atoms with van der Waals surface area (Å²) in [6, 6.07) is 6.18. The SMILES string of the molecule is O=S(=O)(Nc1ccc(Oc2ccnc(Cl)n2)cc1)C(F)(F)F. The molecular formula is C11H7ClF3N3O3S. The predicted molar refractivity (Wildman–Crippen MR) is 72.2 cm³/mol. The van der Waals surface area contributed by atoms with Crippen molar-refractivity contribution < 1.29 is 26.3 Å². The van der Waals surface area contributed by atoms with Gasteiger partial charge >= 0.3 is 15.5 Å². The van der Waals surface area contributed by atoms with Gasteiger partial charge in [-0.3, -0.25) is 4.72 Å². The molecule has 1 heterocycles. The number of alkyl halides is 3. The van der Waals surface area contributed by atoms with Crippen LogP contribution in [0.3, 0.4) is 0 Å². The van der Waals surface area contributed by atoms with Crippen LogP contribution < -0.4 is 9.46 Å². The molecular weight excluding hydrogens is 347 g/mol. The minimum Gasteiger partial charge on any atom is -0.439 e. The van der Waals surface area contributed by atoms with Crippen LogP contribution in [0.25, 0.3) is 0 Å². The number of ether oxygens (including phenoxy) is 1. The molecule has 0 aliphatic heterocycles. The van der Waals surface area contributed by atoms with Crippen molar-refractivity contribution in [2.24, 2.45) is 0 Å². The van der Waals surface area contributed by atoms with Crippen molar-refractivity contribution in [3.05, 3.63) is 41.8 Å². The number of aromatic nitrogens is 2. The highest BCUT2D eigenvalue weighted by Crippen LogP contribution is 2.27. The summed E-state index contributed by atoms with van der Waals surface area (Å²) in [5.74, 6) is 0.355. The van der Waals surface area contributed by atoms with Crippen LogP contribution in [0.2, 0.25) is 5.28 Å². The fourth-order valence-corrected chi connectivity index (χ4v) is 2.00. The zero-order valence-electron chi connectivity index (χ0n) is 10.5. The summed E-state index contributed by atoms with van der Waals surface area (Å²) in [5, 5.41) is -0.0351. The Bertz CT molecular complexity index is 766. The van der Waals surface area contributed by atoms with E-state index in [-0.39, 0.29) is 22.6 Å². The first-order chi connectivity index (χ1) is 10.2. The molecule has 0 aliphatic rings. The van der Waals surface area contributed by atoms with E-state index in [0.29, 0.717) is 0 Å². The van der Waals surface area contributed by atoms with Crippen LogP contribution in [-0.4, -0.2) is 23.9 Å². The van der Waals surface area contributed by atoms with E-state index in [1.54, 1.807) is 0 Å². The molecule has 22 heavy (non-hydrogen) atoms. The van der Waals surface area contributed by atoms with Gasteiger partial charge in [0.15, 0.2) is 0 Å². The molecule has 11 heteroatoms. The maximum atomic E-state index is 12.2. The lowest BCUT2D eigenvalue weighted by Gasteiger charge is -2.11. The largest absolute Gasteiger partial charge is 0.516 e. The van der Waals surface area contributed by atoms with Crippen molar-refractivity contribution in [2.45, 2.75) is 5.51 Å². The number of sulfonamides is 1. The molecule has 1 N–H and O–H groups in total. The first-order valence-electron chi connectivity index (χ1n) is 5.53. The van der Waals surface area contributed by atoms with Crippen LogP contribution in [0.4, 0.5) is 18.9 Å². The van der Waals surface area contributed by atoms with Gasteiger partial charge in [0.25, 0.3) is 0 Å². The fraction of sp³-hybridized carbons (Fsp3) is 0.0909. The molecule has 0 bridgehead atoms. The molecule has 0 amide bonds. The Labute approximate surface area is 128 Å². The zero-order chi connectivity index (χ0) is 16.4. The maximum Gasteiger partial charge on any atom is 0.516 e. The van der Waals surface area contributed by atoms with Crippen LogP contribution in [0.15, 0.2) is 36.5 Å². The van der Waals surface area contributed by atoms with Gasteiger partial charge in [0.05, 0.1) is 0 Å². The van der Waals surface area contributed by atoms with E-state index < -0.39 is 15.5 Å². The highest BCUT2D eigenvalue weighted by molar-refractivity contribution is 7.93. The normalized spacial score (nSPS) is 12.0. The van der Waals surface area contributed by atoms with Crippen LogP contribution >= 0.6 is 11.6 Å². The summed E-state index contributed by atoms with van der Waals surface area (Å²) in [6.07, 6.45) is 1.36. The molecule has 0 saturated carbocycles. The van der Waals surface area contributed by atoms with Gasteiger partial charge < -0.3 is 4.74 Å². The van der Waals surface area contributed by atoms with Crippen molar-refractivity contribution >= 4 is 27.3 Å². The Morgan fingerprint density at radius 1 is 1.14 bits per heavy atom. The number of benzene rings is 1. The topological polar surface area (TPSA) is 81.2 Å². The number of nitrogens with one attached hydrogen (secondary N) is 1. The Balaban J connectivity index is 2.11. The number of halogens is 4. The second-order valence-electron chi connectivity index (χ2n) is 3.84. The van der Waals surface area contributed by atoms with E-state index in [1.807, 2.05) is 0 Å². The minimum absolute atomic E-state index is 0.0351. The molecule has 0 saturated heterocycles. The average Bonchev–Trinajstić information content (AvgIpc) is 2.39. The minimum atomic E-state index is -5.46. The molecule has 0 radical (unpaired) electrons. The van der Waals surface area contributed by atoms with Crippen LogP contribution in [0.5, 0.6) is 11.6 Å². The van der Waals surface area contributed by atoms with E-state index in [4.69, 9.17) is 16.3 Å². The number of hydrogen-bond acceptors (Lipinski definition) is 5. The maximum absolute atomic E-state index is 12.2. The second kappa shape index (κ2) is 5.97. The number of rotatable bonds is 4. The van der Waals surface area contributed by atoms with Gasteiger partial charge in [-0.05, 0) is 35.9 Å². The van der Waals surface area contributed by atoms with Gasteiger partial charge in [0.1, 0.15) is 5.75 Å². The van der Waals surface area contributed by atoms with Gasteiger partial charge in [0, 0.05) is 18.0 Å². The second-order valence-corrected chi connectivity index (χ2v) is 5.85. The quantitative estimate of drug-likeness (QED) is 0.854. The molecule has 1 aromatic carbocycles. The first-order valence-corrected chi connectivity index (χ1v) is 7.39. The zero-order valence-corrected chi connectivity index (χ0v) is 12.1. The van der Waals surface area contributed by atoms with Crippen molar-refractivity contribution in [3.8, 4) is 11.6 Å². The monoisotopic (exact) mass is 353 g/mol. The summed E-state index contributed by atoms with van der Waals surface area (Å²) in [6.45, 7) is 0. The molecule has 0 spiro atoms. The van der Waals surface area contributed by atoms with Crippen LogP contribution in [0.1, 0.15) is 0 Å². The molecule has 2 rings (SSSR count). The van der Waals surface area contributed by atoms with Crippen LogP contribution in [0, 0.1) is 0 Å². The third kappa shape index (κ3) is 3.98. The Kier molecular flexibility index (Phi) is 4.42. The summed E-state index contributed by atoms with van der Waals surface area (Å²) < 4.78 is 65.2. The lowest BCUT2D eigenvalue weighted by molar-refractivity contribution is -0.0429. The van der Waals surface area contributed by atoms with Crippen molar-refractivity contribution in [2.75, 3.05) is 4.72 Å². The smallest absolute Gasteiger partial charge is 0.439 e. The van der Waals surface area contributed by atoms with E-state index in [1.165, 1.54) is 29.1 Å². The molecule has 6 nitrogen and oxygen atoms in total. The highest BCUT2D eigenvalue weighted by Gasteiger charge is 2.45. The van der Waals surface area contributed by atoms with E-state index in [2.05, 4.69) is 9.97 Å². The van der Waals surface area contributed by atoms with Crippen molar-refractivity contribution in [3.63, 3.8) is 0 Å². The van der Waals surface area contributed by atoms with E-state index >= 15 is 0 Å². The van der Waals surface area contributed by atoms with E-state index in [0.717, 1.165) is 12.1 Å². The lowest BCUT2D eigenvalue weighted by Crippen LogP contribution is -2.29. The lowest BCUT2D eigenvalue weighted by atomic mass is 10.3. The molecule has 0 unspecified atom stereocenters. The molecule has 0 fully saturated rings. The Morgan fingerprint density at radius 2 is 1.77 bits per heavy atom. The van der Waals surface area contributed by atoms with Gasteiger partial charge in [-0.25, -0.2) is 4.98 Å². The standard InChI is InChI=1S/C11H7ClF3N3O3S/c12-10-16-6-5-9(17-10)21-8-3-1-7(2-4-8)18-22(19,20)11(13,14)15/h1-6,18H. The summed E-state index contributed by atoms with van der Waals surface area (Å²) in [4.78, 5) is 7.40. The first kappa shape index (κ1) is 16.3. The predicted octanol–water partition coefficient (Wildman–Crippen LogP) is 3.18. The van der Waals surface area contributed by atoms with Crippen molar-refractivity contribution in [1.82, 2.24) is 9.97 Å². The van der Waals surface area contributed by atoms with Gasteiger partial charge in [-0.1, -0.05) is 0 Å². The molecule has 2 aromatic rings. The third-order valence-electron chi connectivity index (χ3n) is 2.23. The van der Waals surface area contributed by atoms with Crippen LogP contribution in [-0.2, 0) is 10.0 Å². The third-order valence-corrected chi connectivity index (χ3v) is 3.53. The fourth-order valence-electron chi connectivity index (χ4n) is 1.30.